The minimum Gasteiger partial charge on any atom is -0.443 e. The fourth-order valence-corrected chi connectivity index (χ4v) is 1.66. The van der Waals surface area contributed by atoms with Crippen molar-refractivity contribution >= 4 is 23.6 Å². The Morgan fingerprint density at radius 3 is 2.75 bits per heavy atom. The Hall–Kier alpha value is -1.36. The standard InChI is InChI=1S/C11H16N2O2S/c1-8-9(5-6-16-8)7-12-13-10(14)15-11(2,3)4/h5-7H,1-4H3,(H,13,14). The maximum Gasteiger partial charge on any atom is 0.428 e. The van der Waals surface area contributed by atoms with Gasteiger partial charge < -0.3 is 4.74 Å². The van der Waals surface area contributed by atoms with Crippen molar-refractivity contribution in [1.82, 2.24) is 5.43 Å². The van der Waals surface area contributed by atoms with Gasteiger partial charge in [-0.05, 0) is 39.1 Å². The van der Waals surface area contributed by atoms with Gasteiger partial charge in [0.15, 0.2) is 0 Å². The van der Waals surface area contributed by atoms with Gasteiger partial charge in [-0.15, -0.1) is 11.3 Å². The summed E-state index contributed by atoms with van der Waals surface area (Å²) >= 11 is 1.64. The second-order valence-corrected chi connectivity index (χ2v) is 5.42. The van der Waals surface area contributed by atoms with Crippen molar-refractivity contribution in [2.24, 2.45) is 5.10 Å². The molecule has 0 spiro atoms. The minimum atomic E-state index is -0.545. The Balaban J connectivity index is 2.44. The zero-order chi connectivity index (χ0) is 12.2. The molecule has 1 heterocycles. The Kier molecular flexibility index (Phi) is 4.06. The van der Waals surface area contributed by atoms with Crippen LogP contribution in [0.3, 0.4) is 0 Å². The molecule has 0 unspecified atom stereocenters. The largest absolute Gasteiger partial charge is 0.443 e. The minimum absolute atomic E-state index is 0.502. The van der Waals surface area contributed by atoms with Crippen LogP contribution in [0.4, 0.5) is 4.79 Å². The molecular weight excluding hydrogens is 224 g/mol. The first-order valence-corrected chi connectivity index (χ1v) is 5.82. The second-order valence-electron chi connectivity index (χ2n) is 4.30. The number of amides is 1. The van der Waals surface area contributed by atoms with Gasteiger partial charge in [0.1, 0.15) is 5.60 Å². The van der Waals surface area contributed by atoms with Crippen molar-refractivity contribution in [3.05, 3.63) is 21.9 Å². The van der Waals surface area contributed by atoms with Crippen molar-refractivity contribution in [2.75, 3.05) is 0 Å². The Morgan fingerprint density at radius 2 is 2.25 bits per heavy atom. The average molecular weight is 240 g/mol. The summed E-state index contributed by atoms with van der Waals surface area (Å²) in [5.74, 6) is 0. The van der Waals surface area contributed by atoms with E-state index >= 15 is 0 Å². The van der Waals surface area contributed by atoms with E-state index in [2.05, 4.69) is 10.5 Å². The van der Waals surface area contributed by atoms with Crippen molar-refractivity contribution in [2.45, 2.75) is 33.3 Å². The van der Waals surface area contributed by atoms with Gasteiger partial charge in [-0.3, -0.25) is 0 Å². The number of hydrogen-bond donors (Lipinski definition) is 1. The van der Waals surface area contributed by atoms with Crippen LogP contribution in [0.15, 0.2) is 16.5 Å². The average Bonchev–Trinajstić information content (AvgIpc) is 2.48. The quantitative estimate of drug-likeness (QED) is 0.638. The molecule has 0 aliphatic heterocycles. The number of thiophene rings is 1. The number of ether oxygens (including phenoxy) is 1. The highest BCUT2D eigenvalue weighted by Crippen LogP contribution is 2.12. The number of rotatable bonds is 2. The van der Waals surface area contributed by atoms with E-state index in [0.717, 1.165) is 10.4 Å². The third-order valence-electron chi connectivity index (χ3n) is 1.66. The molecule has 0 bridgehead atoms. The Morgan fingerprint density at radius 1 is 1.56 bits per heavy atom. The monoisotopic (exact) mass is 240 g/mol. The first-order valence-electron chi connectivity index (χ1n) is 4.94. The van der Waals surface area contributed by atoms with Crippen molar-refractivity contribution in [3.63, 3.8) is 0 Å². The van der Waals surface area contributed by atoms with Crippen molar-refractivity contribution in [3.8, 4) is 0 Å². The molecule has 16 heavy (non-hydrogen) atoms. The number of carbonyl (C=O) groups excluding carboxylic acids is 1. The van der Waals surface area contributed by atoms with Crippen LogP contribution in [0.2, 0.25) is 0 Å². The van der Waals surface area contributed by atoms with E-state index in [1.165, 1.54) is 0 Å². The van der Waals surface area contributed by atoms with Crippen LogP contribution in [0.1, 0.15) is 31.2 Å². The predicted octanol–water partition coefficient (Wildman–Crippen LogP) is 2.92. The molecule has 0 radical (unpaired) electrons. The lowest BCUT2D eigenvalue weighted by Crippen LogP contribution is -2.29. The number of nitrogens with one attached hydrogen (secondary N) is 1. The topological polar surface area (TPSA) is 50.7 Å². The van der Waals surface area contributed by atoms with Crippen LogP contribution >= 0.6 is 11.3 Å². The van der Waals surface area contributed by atoms with Gasteiger partial charge in [-0.2, -0.15) is 5.10 Å². The van der Waals surface area contributed by atoms with E-state index < -0.39 is 11.7 Å². The molecule has 0 saturated heterocycles. The first kappa shape index (κ1) is 12.7. The summed E-state index contributed by atoms with van der Waals surface area (Å²) in [5.41, 5.74) is 2.82. The highest BCUT2D eigenvalue weighted by Gasteiger charge is 2.15. The van der Waals surface area contributed by atoms with Gasteiger partial charge in [0.05, 0.1) is 6.21 Å². The van der Waals surface area contributed by atoms with Crippen molar-refractivity contribution in [1.29, 1.82) is 0 Å². The molecular formula is C11H16N2O2S. The second kappa shape index (κ2) is 5.12. The van der Waals surface area contributed by atoms with Crippen LogP contribution in [0.25, 0.3) is 0 Å². The molecule has 1 N–H and O–H groups in total. The van der Waals surface area contributed by atoms with Crippen molar-refractivity contribution < 1.29 is 9.53 Å². The number of nitrogens with zero attached hydrogens (tertiary/aromatic N) is 1. The zero-order valence-corrected chi connectivity index (χ0v) is 10.7. The van der Waals surface area contributed by atoms with E-state index in [4.69, 9.17) is 4.74 Å². The lowest BCUT2D eigenvalue weighted by atomic mass is 10.2. The summed E-state index contributed by atoms with van der Waals surface area (Å²) in [6.07, 6.45) is 1.06. The summed E-state index contributed by atoms with van der Waals surface area (Å²) in [6.45, 7) is 7.41. The zero-order valence-electron chi connectivity index (χ0n) is 9.90. The molecule has 88 valence electrons. The number of carbonyl (C=O) groups is 1. The molecule has 4 nitrogen and oxygen atoms in total. The third-order valence-corrected chi connectivity index (χ3v) is 2.52. The molecule has 0 aromatic carbocycles. The molecule has 0 fully saturated rings. The summed E-state index contributed by atoms with van der Waals surface area (Å²) < 4.78 is 5.03. The van der Waals surface area contributed by atoms with Gasteiger partial charge in [0.25, 0.3) is 0 Å². The predicted molar refractivity (Wildman–Crippen MR) is 66.0 cm³/mol. The molecule has 0 aliphatic rings. The number of aryl methyl sites for hydroxylation is 1. The molecule has 1 rings (SSSR count). The molecule has 5 heteroatoms. The van der Waals surface area contributed by atoms with Crippen LogP contribution < -0.4 is 5.43 Å². The van der Waals surface area contributed by atoms with Crippen LogP contribution in [0.5, 0.6) is 0 Å². The summed E-state index contributed by atoms with van der Waals surface area (Å²) in [5, 5.41) is 5.79. The first-order chi connectivity index (χ1) is 7.38. The highest BCUT2D eigenvalue weighted by molar-refractivity contribution is 7.10. The normalized spacial score (nSPS) is 11.8. The SMILES string of the molecule is Cc1sccc1C=NNC(=O)OC(C)(C)C. The van der Waals surface area contributed by atoms with E-state index in [1.54, 1.807) is 38.3 Å². The molecule has 1 aromatic rings. The Bertz CT molecular complexity index is 391. The van der Waals surface area contributed by atoms with Gasteiger partial charge in [-0.1, -0.05) is 0 Å². The smallest absolute Gasteiger partial charge is 0.428 e. The van der Waals surface area contributed by atoms with Gasteiger partial charge in [-0.25, -0.2) is 10.2 Å². The summed E-state index contributed by atoms with van der Waals surface area (Å²) in [6, 6.07) is 1.94. The van der Waals surface area contributed by atoms with E-state index in [-0.39, 0.29) is 0 Å². The maximum absolute atomic E-state index is 11.2. The molecule has 1 amide bonds. The summed E-state index contributed by atoms with van der Waals surface area (Å²) in [7, 11) is 0. The fraction of sp³-hybridized carbons (Fsp3) is 0.455. The molecule has 1 aromatic heterocycles. The van der Waals surface area contributed by atoms with E-state index in [1.807, 2.05) is 18.4 Å². The molecule has 0 aliphatic carbocycles. The number of hydrogen-bond acceptors (Lipinski definition) is 4. The van der Waals surface area contributed by atoms with Gasteiger partial charge in [0.2, 0.25) is 0 Å². The number of hydrazone groups is 1. The highest BCUT2D eigenvalue weighted by atomic mass is 32.1. The fourth-order valence-electron chi connectivity index (χ4n) is 0.984. The van der Waals surface area contributed by atoms with E-state index in [9.17, 15) is 4.79 Å². The Labute approximate surface area is 99.3 Å². The van der Waals surface area contributed by atoms with Crippen LogP contribution in [0, 0.1) is 6.92 Å². The van der Waals surface area contributed by atoms with Gasteiger partial charge in [0, 0.05) is 10.4 Å². The van der Waals surface area contributed by atoms with Crippen LogP contribution in [-0.2, 0) is 4.74 Å². The summed E-state index contributed by atoms with van der Waals surface area (Å²) in [4.78, 5) is 12.4. The maximum atomic E-state index is 11.2. The van der Waals surface area contributed by atoms with Crippen LogP contribution in [-0.4, -0.2) is 17.9 Å². The molecule has 0 saturated carbocycles. The third kappa shape index (κ3) is 4.44. The molecule has 0 atom stereocenters. The lowest BCUT2D eigenvalue weighted by Gasteiger charge is -2.18. The lowest BCUT2D eigenvalue weighted by molar-refractivity contribution is 0.0529. The van der Waals surface area contributed by atoms with Gasteiger partial charge >= 0.3 is 6.09 Å². The van der Waals surface area contributed by atoms with E-state index in [0.29, 0.717) is 0 Å².